The molecule has 0 aliphatic heterocycles. The van der Waals surface area contributed by atoms with Crippen molar-refractivity contribution in [1.29, 1.82) is 0 Å². The molecule has 1 aromatic carbocycles. The highest BCUT2D eigenvalue weighted by Crippen LogP contribution is 2.21. The van der Waals surface area contributed by atoms with E-state index in [0.29, 0.717) is 12.2 Å². The molecule has 2 aromatic heterocycles. The summed E-state index contributed by atoms with van der Waals surface area (Å²) in [7, 11) is 3.88. The molecule has 0 aliphatic rings. The third-order valence-corrected chi connectivity index (χ3v) is 4.09. The molecule has 0 radical (unpaired) electrons. The molecule has 5 heteroatoms. The molecule has 0 saturated carbocycles. The fourth-order valence-corrected chi connectivity index (χ4v) is 2.74. The van der Waals surface area contributed by atoms with Crippen molar-refractivity contribution < 1.29 is 4.79 Å². The van der Waals surface area contributed by atoms with Gasteiger partial charge in [-0.3, -0.25) is 4.79 Å². The summed E-state index contributed by atoms with van der Waals surface area (Å²) in [6.07, 6.45) is 4.39. The predicted octanol–water partition coefficient (Wildman–Crippen LogP) is 2.19. The Labute approximate surface area is 129 Å². The molecular weight excluding hydrogens is 276 g/mol. The number of hydrogen-bond acceptors (Lipinski definition) is 2. The van der Waals surface area contributed by atoms with Gasteiger partial charge >= 0.3 is 0 Å². The number of rotatable bonds is 4. The second kappa shape index (κ2) is 5.67. The van der Waals surface area contributed by atoms with Crippen LogP contribution in [-0.4, -0.2) is 26.6 Å². The number of nitrogens with zero attached hydrogens (tertiary/aromatic N) is 3. The lowest BCUT2D eigenvalue weighted by atomic mass is 10.1. The summed E-state index contributed by atoms with van der Waals surface area (Å²) in [5.41, 5.74) is 2.94. The van der Waals surface area contributed by atoms with E-state index < -0.39 is 0 Å². The number of hydrogen-bond donors (Lipinski definition) is 1. The van der Waals surface area contributed by atoms with Crippen LogP contribution in [0.15, 0.2) is 36.7 Å². The highest BCUT2D eigenvalue weighted by molar-refractivity contribution is 5.99. The summed E-state index contributed by atoms with van der Waals surface area (Å²) < 4.78 is 3.91. The maximum atomic E-state index is 12.4. The molecule has 22 heavy (non-hydrogen) atoms. The topological polar surface area (TPSA) is 51.9 Å². The van der Waals surface area contributed by atoms with E-state index in [0.717, 1.165) is 23.1 Å². The molecule has 0 atom stereocenters. The third-order valence-electron chi connectivity index (χ3n) is 4.09. The van der Waals surface area contributed by atoms with Crippen LogP contribution in [0.25, 0.3) is 10.9 Å². The van der Waals surface area contributed by atoms with Crippen LogP contribution in [0.2, 0.25) is 0 Å². The maximum absolute atomic E-state index is 12.4. The van der Waals surface area contributed by atoms with Gasteiger partial charge in [0, 0.05) is 50.4 Å². The van der Waals surface area contributed by atoms with E-state index in [1.807, 2.05) is 47.6 Å². The van der Waals surface area contributed by atoms with Crippen molar-refractivity contribution in [1.82, 2.24) is 19.4 Å². The Hall–Kier alpha value is -2.56. The Balaban J connectivity index is 1.74. The first-order valence-electron chi connectivity index (χ1n) is 7.37. The lowest BCUT2D eigenvalue weighted by molar-refractivity contribution is 0.0946. The standard InChI is InChI=1S/C17H20N4O/c1-12-5-4-6-14-13(12)11-15(21(14)3)17(22)19-8-7-16-18-9-10-20(16)2/h4-6,9-11H,7-8H2,1-3H3,(H,19,22). The third kappa shape index (κ3) is 2.50. The smallest absolute Gasteiger partial charge is 0.267 e. The fraction of sp³-hybridized carbons (Fsp3) is 0.294. The maximum Gasteiger partial charge on any atom is 0.267 e. The first kappa shape index (κ1) is 14.4. The fourth-order valence-electron chi connectivity index (χ4n) is 2.74. The average molecular weight is 296 g/mol. The molecule has 0 fully saturated rings. The molecule has 0 saturated heterocycles. The molecule has 2 heterocycles. The average Bonchev–Trinajstić information content (AvgIpc) is 3.05. The first-order chi connectivity index (χ1) is 10.6. The van der Waals surface area contributed by atoms with Gasteiger partial charge in [-0.2, -0.15) is 0 Å². The number of benzene rings is 1. The van der Waals surface area contributed by atoms with E-state index in [9.17, 15) is 4.79 Å². The molecule has 0 aliphatic carbocycles. The van der Waals surface area contributed by atoms with E-state index >= 15 is 0 Å². The summed E-state index contributed by atoms with van der Waals surface area (Å²) in [5.74, 6) is 0.917. The van der Waals surface area contributed by atoms with E-state index in [-0.39, 0.29) is 5.91 Å². The van der Waals surface area contributed by atoms with Gasteiger partial charge in [0.05, 0.1) is 0 Å². The first-order valence-corrected chi connectivity index (χ1v) is 7.37. The number of aromatic nitrogens is 3. The molecular formula is C17H20N4O. The van der Waals surface area contributed by atoms with Gasteiger partial charge in [0.25, 0.3) is 5.91 Å². The van der Waals surface area contributed by atoms with Crippen LogP contribution in [0.5, 0.6) is 0 Å². The minimum absolute atomic E-state index is 0.0488. The van der Waals surface area contributed by atoms with Gasteiger partial charge in [0.15, 0.2) is 0 Å². The summed E-state index contributed by atoms with van der Waals surface area (Å²) in [6.45, 7) is 2.63. The van der Waals surface area contributed by atoms with Crippen molar-refractivity contribution in [3.8, 4) is 0 Å². The van der Waals surface area contributed by atoms with Gasteiger partial charge in [-0.1, -0.05) is 12.1 Å². The number of nitrogens with one attached hydrogen (secondary N) is 1. The number of fused-ring (bicyclic) bond motifs is 1. The van der Waals surface area contributed by atoms with Crippen molar-refractivity contribution in [2.45, 2.75) is 13.3 Å². The minimum atomic E-state index is -0.0488. The van der Waals surface area contributed by atoms with E-state index in [4.69, 9.17) is 0 Å². The molecule has 5 nitrogen and oxygen atoms in total. The summed E-state index contributed by atoms with van der Waals surface area (Å²) in [5, 5.41) is 4.10. The van der Waals surface area contributed by atoms with E-state index in [2.05, 4.69) is 23.3 Å². The van der Waals surface area contributed by atoms with Gasteiger partial charge in [-0.05, 0) is 24.6 Å². The van der Waals surface area contributed by atoms with Crippen LogP contribution >= 0.6 is 0 Å². The molecule has 3 rings (SSSR count). The van der Waals surface area contributed by atoms with Gasteiger partial charge < -0.3 is 14.5 Å². The lowest BCUT2D eigenvalue weighted by Crippen LogP contribution is -2.27. The quantitative estimate of drug-likeness (QED) is 0.802. The lowest BCUT2D eigenvalue weighted by Gasteiger charge is -2.06. The van der Waals surface area contributed by atoms with E-state index in [1.165, 1.54) is 5.56 Å². The van der Waals surface area contributed by atoms with Crippen molar-refractivity contribution in [3.63, 3.8) is 0 Å². The monoisotopic (exact) mass is 296 g/mol. The Bertz CT molecular complexity index is 828. The van der Waals surface area contributed by atoms with Gasteiger partial charge in [0.1, 0.15) is 11.5 Å². The molecule has 3 aromatic rings. The van der Waals surface area contributed by atoms with E-state index in [1.54, 1.807) is 6.20 Å². The van der Waals surface area contributed by atoms with Crippen LogP contribution in [-0.2, 0) is 20.5 Å². The van der Waals surface area contributed by atoms with Gasteiger partial charge in [-0.15, -0.1) is 0 Å². The number of carbonyl (C=O) groups excluding carboxylic acids is 1. The Morgan fingerprint density at radius 3 is 2.82 bits per heavy atom. The zero-order valence-corrected chi connectivity index (χ0v) is 13.1. The molecule has 1 N–H and O–H groups in total. The Morgan fingerprint density at radius 1 is 1.32 bits per heavy atom. The normalized spacial score (nSPS) is 11.0. The van der Waals surface area contributed by atoms with Crippen LogP contribution < -0.4 is 5.32 Å². The van der Waals surface area contributed by atoms with Crippen molar-refractivity contribution >= 4 is 16.8 Å². The Morgan fingerprint density at radius 2 is 2.14 bits per heavy atom. The van der Waals surface area contributed by atoms with Crippen LogP contribution in [0.4, 0.5) is 0 Å². The number of aryl methyl sites for hydroxylation is 3. The molecule has 0 spiro atoms. The summed E-state index contributed by atoms with van der Waals surface area (Å²) in [6, 6.07) is 8.07. The van der Waals surface area contributed by atoms with Crippen LogP contribution in [0.3, 0.4) is 0 Å². The molecule has 0 unspecified atom stereocenters. The Kier molecular flexibility index (Phi) is 3.71. The largest absolute Gasteiger partial charge is 0.350 e. The molecule has 114 valence electrons. The van der Waals surface area contributed by atoms with Crippen LogP contribution in [0, 0.1) is 6.92 Å². The SMILES string of the molecule is Cc1cccc2c1cc(C(=O)NCCc1nccn1C)n2C. The number of amides is 1. The number of imidazole rings is 1. The van der Waals surface area contributed by atoms with Gasteiger partial charge in [0.2, 0.25) is 0 Å². The second-order valence-corrected chi connectivity index (χ2v) is 5.56. The van der Waals surface area contributed by atoms with Crippen molar-refractivity contribution in [2.24, 2.45) is 14.1 Å². The highest BCUT2D eigenvalue weighted by atomic mass is 16.1. The number of carbonyl (C=O) groups is 1. The zero-order valence-electron chi connectivity index (χ0n) is 13.1. The van der Waals surface area contributed by atoms with Crippen molar-refractivity contribution in [2.75, 3.05) is 6.54 Å². The van der Waals surface area contributed by atoms with Gasteiger partial charge in [-0.25, -0.2) is 4.98 Å². The summed E-state index contributed by atoms with van der Waals surface area (Å²) in [4.78, 5) is 16.7. The molecule has 1 amide bonds. The highest BCUT2D eigenvalue weighted by Gasteiger charge is 2.14. The molecule has 0 bridgehead atoms. The van der Waals surface area contributed by atoms with Crippen molar-refractivity contribution in [3.05, 3.63) is 53.7 Å². The minimum Gasteiger partial charge on any atom is -0.350 e. The second-order valence-electron chi connectivity index (χ2n) is 5.56. The summed E-state index contributed by atoms with van der Waals surface area (Å²) >= 11 is 0. The van der Waals surface area contributed by atoms with Crippen LogP contribution in [0.1, 0.15) is 21.9 Å². The predicted molar refractivity (Wildman–Crippen MR) is 86.9 cm³/mol. The zero-order chi connectivity index (χ0) is 15.7.